The van der Waals surface area contributed by atoms with Crippen molar-refractivity contribution in [3.05, 3.63) is 48.3 Å². The average molecular weight is 272 g/mol. The maximum Gasteiger partial charge on any atom is 0.224 e. The first-order valence-electron chi connectivity index (χ1n) is 6.65. The molecule has 1 aromatic carbocycles. The molecule has 20 heavy (non-hydrogen) atoms. The van der Waals surface area contributed by atoms with Crippen molar-refractivity contribution in [2.45, 2.75) is 25.9 Å². The Morgan fingerprint density at radius 2 is 2.10 bits per heavy atom. The number of nitrogens with zero attached hydrogens (tertiary/aromatic N) is 3. The second kappa shape index (κ2) is 6.34. The van der Waals surface area contributed by atoms with Crippen molar-refractivity contribution in [1.29, 1.82) is 0 Å². The van der Waals surface area contributed by atoms with Crippen molar-refractivity contribution in [3.8, 4) is 5.69 Å². The molecule has 1 atom stereocenters. The molecular weight excluding hydrogens is 252 g/mol. The van der Waals surface area contributed by atoms with Crippen molar-refractivity contribution in [1.82, 2.24) is 14.7 Å². The summed E-state index contributed by atoms with van der Waals surface area (Å²) in [7, 11) is 1.78. The van der Waals surface area contributed by atoms with Crippen LogP contribution in [-0.2, 0) is 11.3 Å². The molecule has 2 N–H and O–H groups in total. The molecule has 0 aliphatic heterocycles. The minimum Gasteiger partial charge on any atom is -0.341 e. The number of para-hydroxylation sites is 1. The molecule has 0 radical (unpaired) electrons. The zero-order chi connectivity index (χ0) is 14.5. The van der Waals surface area contributed by atoms with E-state index in [0.29, 0.717) is 13.0 Å². The molecule has 1 amide bonds. The van der Waals surface area contributed by atoms with Crippen molar-refractivity contribution in [3.63, 3.8) is 0 Å². The minimum absolute atomic E-state index is 0.0486. The lowest BCUT2D eigenvalue weighted by atomic mass is 10.2. The molecule has 1 aromatic heterocycles. The molecule has 2 rings (SSSR count). The number of rotatable bonds is 5. The second-order valence-corrected chi connectivity index (χ2v) is 5.06. The SMILES string of the molecule is CC(N)CC(=O)N(C)Cc1cnn(-c2ccccc2)c1. The summed E-state index contributed by atoms with van der Waals surface area (Å²) in [5.41, 5.74) is 7.64. The van der Waals surface area contributed by atoms with Gasteiger partial charge in [-0.3, -0.25) is 4.79 Å². The van der Waals surface area contributed by atoms with Crippen LogP contribution in [0.25, 0.3) is 5.69 Å². The molecule has 0 spiro atoms. The van der Waals surface area contributed by atoms with Gasteiger partial charge in [-0.2, -0.15) is 5.10 Å². The monoisotopic (exact) mass is 272 g/mol. The maximum absolute atomic E-state index is 11.9. The van der Waals surface area contributed by atoms with E-state index in [2.05, 4.69) is 5.10 Å². The molecule has 1 unspecified atom stereocenters. The Morgan fingerprint density at radius 1 is 1.40 bits per heavy atom. The molecule has 5 heteroatoms. The van der Waals surface area contributed by atoms with Gasteiger partial charge in [0.1, 0.15) is 0 Å². The third kappa shape index (κ3) is 3.68. The van der Waals surface area contributed by atoms with Gasteiger partial charge >= 0.3 is 0 Å². The number of hydrogen-bond donors (Lipinski definition) is 1. The zero-order valence-corrected chi connectivity index (χ0v) is 11.9. The smallest absolute Gasteiger partial charge is 0.224 e. The van der Waals surface area contributed by atoms with Gasteiger partial charge in [-0.25, -0.2) is 4.68 Å². The van der Waals surface area contributed by atoms with Gasteiger partial charge in [-0.15, -0.1) is 0 Å². The molecule has 0 aliphatic carbocycles. The summed E-state index contributed by atoms with van der Waals surface area (Å²) in [6, 6.07) is 9.76. The van der Waals surface area contributed by atoms with E-state index in [4.69, 9.17) is 5.73 Å². The lowest BCUT2D eigenvalue weighted by Crippen LogP contribution is -2.31. The molecule has 2 aromatic rings. The van der Waals surface area contributed by atoms with Gasteiger partial charge in [0.05, 0.1) is 11.9 Å². The normalized spacial score (nSPS) is 12.2. The molecule has 0 bridgehead atoms. The number of hydrogen-bond acceptors (Lipinski definition) is 3. The molecule has 0 saturated heterocycles. The van der Waals surface area contributed by atoms with Crippen molar-refractivity contribution in [2.75, 3.05) is 7.05 Å². The Hall–Kier alpha value is -2.14. The predicted octanol–water partition coefficient (Wildman–Crippen LogP) is 1.57. The van der Waals surface area contributed by atoms with Crippen LogP contribution in [-0.4, -0.2) is 33.7 Å². The third-order valence-electron chi connectivity index (χ3n) is 3.00. The number of carbonyl (C=O) groups is 1. The van der Waals surface area contributed by atoms with Crippen LogP contribution in [0.5, 0.6) is 0 Å². The van der Waals surface area contributed by atoms with Gasteiger partial charge in [-0.1, -0.05) is 18.2 Å². The van der Waals surface area contributed by atoms with Gasteiger partial charge in [0.25, 0.3) is 0 Å². The van der Waals surface area contributed by atoms with Crippen LogP contribution in [0, 0.1) is 0 Å². The first-order chi connectivity index (χ1) is 9.56. The van der Waals surface area contributed by atoms with Gasteiger partial charge in [-0.05, 0) is 19.1 Å². The zero-order valence-electron chi connectivity index (χ0n) is 11.9. The Bertz CT molecular complexity index is 562. The van der Waals surface area contributed by atoms with Crippen LogP contribution in [0.1, 0.15) is 18.9 Å². The average Bonchev–Trinajstić information content (AvgIpc) is 2.87. The van der Waals surface area contributed by atoms with Crippen LogP contribution >= 0.6 is 0 Å². The van der Waals surface area contributed by atoms with Crippen molar-refractivity contribution in [2.24, 2.45) is 5.73 Å². The summed E-state index contributed by atoms with van der Waals surface area (Å²) in [4.78, 5) is 13.5. The van der Waals surface area contributed by atoms with Crippen molar-refractivity contribution < 1.29 is 4.79 Å². The van der Waals surface area contributed by atoms with Crippen LogP contribution < -0.4 is 5.73 Å². The first kappa shape index (κ1) is 14.3. The van der Waals surface area contributed by atoms with Crippen LogP contribution in [0.2, 0.25) is 0 Å². The van der Waals surface area contributed by atoms with Gasteiger partial charge in [0.15, 0.2) is 0 Å². The predicted molar refractivity (Wildman–Crippen MR) is 78.3 cm³/mol. The number of nitrogens with two attached hydrogens (primary N) is 1. The van der Waals surface area contributed by atoms with Crippen LogP contribution in [0.4, 0.5) is 0 Å². The summed E-state index contributed by atoms with van der Waals surface area (Å²) in [5, 5.41) is 4.31. The molecular formula is C15H20N4O. The fraction of sp³-hybridized carbons (Fsp3) is 0.333. The highest BCUT2D eigenvalue weighted by Crippen LogP contribution is 2.09. The van der Waals surface area contributed by atoms with Crippen LogP contribution in [0.3, 0.4) is 0 Å². The summed E-state index contributed by atoms with van der Waals surface area (Å²) >= 11 is 0. The van der Waals surface area contributed by atoms with E-state index < -0.39 is 0 Å². The van der Waals surface area contributed by atoms with Gasteiger partial charge in [0, 0.05) is 37.8 Å². The Labute approximate surface area is 119 Å². The summed E-state index contributed by atoms with van der Waals surface area (Å²) in [6.07, 6.45) is 4.08. The highest BCUT2D eigenvalue weighted by Gasteiger charge is 2.12. The van der Waals surface area contributed by atoms with Crippen molar-refractivity contribution >= 4 is 5.91 Å². The quantitative estimate of drug-likeness (QED) is 0.898. The second-order valence-electron chi connectivity index (χ2n) is 5.06. The van der Waals surface area contributed by atoms with Crippen LogP contribution in [0.15, 0.2) is 42.7 Å². The van der Waals surface area contributed by atoms with E-state index in [1.807, 2.05) is 43.5 Å². The summed E-state index contributed by atoms with van der Waals surface area (Å²) < 4.78 is 1.80. The fourth-order valence-electron chi connectivity index (χ4n) is 1.96. The van der Waals surface area contributed by atoms with E-state index in [0.717, 1.165) is 11.3 Å². The highest BCUT2D eigenvalue weighted by atomic mass is 16.2. The van der Waals surface area contributed by atoms with Gasteiger partial charge in [0.2, 0.25) is 5.91 Å². The molecule has 0 aliphatic rings. The largest absolute Gasteiger partial charge is 0.341 e. The van der Waals surface area contributed by atoms with Gasteiger partial charge < -0.3 is 10.6 Å². The third-order valence-corrected chi connectivity index (χ3v) is 3.00. The van der Waals surface area contributed by atoms with E-state index in [-0.39, 0.29) is 11.9 Å². The van der Waals surface area contributed by atoms with E-state index >= 15 is 0 Å². The Balaban J connectivity index is 2.01. The highest BCUT2D eigenvalue weighted by molar-refractivity contribution is 5.76. The Morgan fingerprint density at radius 3 is 2.75 bits per heavy atom. The molecule has 0 saturated carbocycles. The topological polar surface area (TPSA) is 64.2 Å². The number of carbonyl (C=O) groups excluding carboxylic acids is 1. The lowest BCUT2D eigenvalue weighted by molar-refractivity contribution is -0.130. The molecule has 5 nitrogen and oxygen atoms in total. The minimum atomic E-state index is -0.114. The molecule has 1 heterocycles. The van der Waals surface area contributed by atoms with E-state index in [1.54, 1.807) is 22.8 Å². The molecule has 0 fully saturated rings. The summed E-state index contributed by atoms with van der Waals surface area (Å²) in [6.45, 7) is 2.37. The lowest BCUT2D eigenvalue weighted by Gasteiger charge is -2.17. The standard InChI is InChI=1S/C15H20N4O/c1-12(16)8-15(20)18(2)10-13-9-17-19(11-13)14-6-4-3-5-7-14/h3-7,9,11-12H,8,10,16H2,1-2H3. The molecule has 106 valence electrons. The Kier molecular flexibility index (Phi) is 4.53. The van der Waals surface area contributed by atoms with E-state index in [9.17, 15) is 4.79 Å². The first-order valence-corrected chi connectivity index (χ1v) is 6.65. The number of amides is 1. The number of benzene rings is 1. The summed E-state index contributed by atoms with van der Waals surface area (Å²) in [5.74, 6) is 0.0486. The van der Waals surface area contributed by atoms with E-state index in [1.165, 1.54) is 0 Å². The maximum atomic E-state index is 11.9. The number of aromatic nitrogens is 2. The fourth-order valence-corrected chi connectivity index (χ4v) is 1.96.